The molecule has 3 rings (SSSR count). The van der Waals surface area contributed by atoms with Gasteiger partial charge in [-0.15, -0.1) is 11.3 Å². The molecule has 1 N–H and O–H groups in total. The highest BCUT2D eigenvalue weighted by atomic mass is 32.1. The molecule has 2 heterocycles. The van der Waals surface area contributed by atoms with Crippen LogP contribution in [0.3, 0.4) is 0 Å². The zero-order valence-electron chi connectivity index (χ0n) is 11.6. The maximum Gasteiger partial charge on any atom is 0.124 e. The molecule has 0 saturated heterocycles. The smallest absolute Gasteiger partial charge is 0.124 e. The first-order valence-corrected chi connectivity index (χ1v) is 7.51. The number of rotatable bonds is 3. The van der Waals surface area contributed by atoms with Crippen LogP contribution in [0.5, 0.6) is 5.75 Å². The normalized spacial score (nSPS) is 19.0. The van der Waals surface area contributed by atoms with Crippen LogP contribution in [0.25, 0.3) is 0 Å². The van der Waals surface area contributed by atoms with Crippen molar-refractivity contribution in [2.45, 2.75) is 32.9 Å². The lowest BCUT2D eigenvalue weighted by Gasteiger charge is -2.19. The topological polar surface area (TPSA) is 21.3 Å². The molecule has 0 bridgehead atoms. The van der Waals surface area contributed by atoms with Crippen LogP contribution < -0.4 is 10.1 Å². The quantitative estimate of drug-likeness (QED) is 0.907. The highest BCUT2D eigenvalue weighted by Crippen LogP contribution is 2.34. The third kappa shape index (κ3) is 2.40. The molecule has 0 aliphatic carbocycles. The maximum atomic E-state index is 5.72. The molecule has 2 unspecified atom stereocenters. The van der Waals surface area contributed by atoms with Gasteiger partial charge in [-0.05, 0) is 38.5 Å². The van der Waals surface area contributed by atoms with Gasteiger partial charge in [0.15, 0.2) is 0 Å². The Morgan fingerprint density at radius 3 is 2.84 bits per heavy atom. The van der Waals surface area contributed by atoms with E-state index in [9.17, 15) is 0 Å². The summed E-state index contributed by atoms with van der Waals surface area (Å²) in [4.78, 5) is 2.79. The largest absolute Gasteiger partial charge is 0.491 e. The Kier molecular flexibility index (Phi) is 3.33. The third-order valence-electron chi connectivity index (χ3n) is 3.70. The Morgan fingerprint density at radius 1 is 1.32 bits per heavy atom. The highest BCUT2D eigenvalue weighted by Gasteiger charge is 2.25. The van der Waals surface area contributed by atoms with Crippen molar-refractivity contribution in [1.29, 1.82) is 0 Å². The minimum Gasteiger partial charge on any atom is -0.491 e. The van der Waals surface area contributed by atoms with Gasteiger partial charge in [-0.1, -0.05) is 18.2 Å². The van der Waals surface area contributed by atoms with Gasteiger partial charge in [-0.3, -0.25) is 0 Å². The zero-order chi connectivity index (χ0) is 13.4. The van der Waals surface area contributed by atoms with Crippen LogP contribution in [0.1, 0.15) is 39.9 Å². The Morgan fingerprint density at radius 2 is 2.11 bits per heavy atom. The van der Waals surface area contributed by atoms with Crippen LogP contribution in [0.4, 0.5) is 0 Å². The molecule has 0 saturated carbocycles. The number of nitrogens with one attached hydrogen (secondary N) is 1. The van der Waals surface area contributed by atoms with E-state index in [1.165, 1.54) is 20.9 Å². The van der Waals surface area contributed by atoms with Crippen LogP contribution in [0, 0.1) is 13.8 Å². The summed E-state index contributed by atoms with van der Waals surface area (Å²) in [5.41, 5.74) is 2.69. The van der Waals surface area contributed by atoms with E-state index < -0.39 is 0 Å². The number of hydrogen-bond donors (Lipinski definition) is 1. The summed E-state index contributed by atoms with van der Waals surface area (Å²) in [5, 5.41) is 3.69. The predicted octanol–water partition coefficient (Wildman–Crippen LogP) is 4.15. The summed E-state index contributed by atoms with van der Waals surface area (Å²) < 4.78 is 5.72. The minimum absolute atomic E-state index is 0.297. The first-order valence-electron chi connectivity index (χ1n) is 6.70. The summed E-state index contributed by atoms with van der Waals surface area (Å²) in [6, 6.07) is 11.2. The minimum atomic E-state index is 0.297. The van der Waals surface area contributed by atoms with E-state index in [4.69, 9.17) is 4.74 Å². The molecule has 1 aliphatic heterocycles. The third-order valence-corrected chi connectivity index (χ3v) is 4.68. The fourth-order valence-corrected chi connectivity index (χ4v) is 3.79. The van der Waals surface area contributed by atoms with E-state index >= 15 is 0 Å². The lowest BCUT2D eigenvalue weighted by atomic mass is 10.0. The fraction of sp³-hybridized carbons (Fsp3) is 0.375. The van der Waals surface area contributed by atoms with Crippen molar-refractivity contribution in [1.82, 2.24) is 5.32 Å². The van der Waals surface area contributed by atoms with E-state index in [1.54, 1.807) is 0 Å². The second-order valence-corrected chi connectivity index (χ2v) is 6.62. The van der Waals surface area contributed by atoms with E-state index in [-0.39, 0.29) is 0 Å². The monoisotopic (exact) mass is 273 g/mol. The molecular formula is C16H19NOS. The number of benzene rings is 1. The van der Waals surface area contributed by atoms with E-state index in [0.717, 1.165) is 12.4 Å². The molecule has 1 aromatic carbocycles. The first kappa shape index (κ1) is 12.7. The molecule has 0 spiro atoms. The molecule has 0 amide bonds. The molecule has 100 valence electrons. The number of para-hydroxylation sites is 1. The van der Waals surface area contributed by atoms with Crippen LogP contribution in [-0.2, 0) is 0 Å². The van der Waals surface area contributed by atoms with Crippen molar-refractivity contribution in [2.75, 3.05) is 6.61 Å². The molecule has 2 nitrogen and oxygen atoms in total. The molecule has 1 aromatic heterocycles. The van der Waals surface area contributed by atoms with E-state index in [0.29, 0.717) is 12.1 Å². The Bertz CT molecular complexity index is 590. The maximum absolute atomic E-state index is 5.72. The van der Waals surface area contributed by atoms with E-state index in [1.807, 2.05) is 23.5 Å². The van der Waals surface area contributed by atoms with Gasteiger partial charge in [0.2, 0.25) is 0 Å². The number of fused-ring (bicyclic) bond motifs is 1. The van der Waals surface area contributed by atoms with Gasteiger partial charge in [0.25, 0.3) is 0 Å². The second kappa shape index (κ2) is 4.99. The van der Waals surface area contributed by atoms with Gasteiger partial charge in [-0.2, -0.15) is 0 Å². The van der Waals surface area contributed by atoms with Gasteiger partial charge < -0.3 is 10.1 Å². The number of thiophene rings is 1. The van der Waals surface area contributed by atoms with Crippen molar-refractivity contribution in [3.05, 3.63) is 51.2 Å². The Hall–Kier alpha value is -1.32. The average Bonchev–Trinajstić information content (AvgIpc) is 2.94. The lowest BCUT2D eigenvalue weighted by molar-refractivity contribution is 0.301. The summed E-state index contributed by atoms with van der Waals surface area (Å²) in [5.74, 6) is 1.02. The molecule has 1 aliphatic rings. The fourth-order valence-electron chi connectivity index (χ4n) is 2.77. The van der Waals surface area contributed by atoms with Crippen molar-refractivity contribution < 1.29 is 4.74 Å². The molecule has 0 radical (unpaired) electrons. The van der Waals surface area contributed by atoms with Crippen LogP contribution in [-0.4, -0.2) is 6.61 Å². The van der Waals surface area contributed by atoms with E-state index in [2.05, 4.69) is 44.3 Å². The lowest BCUT2D eigenvalue weighted by Crippen LogP contribution is -2.25. The molecule has 0 fully saturated rings. The first-order chi connectivity index (χ1) is 9.15. The van der Waals surface area contributed by atoms with Crippen LogP contribution in [0.15, 0.2) is 30.3 Å². The Balaban J connectivity index is 1.78. The van der Waals surface area contributed by atoms with Crippen LogP contribution >= 0.6 is 11.3 Å². The van der Waals surface area contributed by atoms with Gasteiger partial charge in [-0.25, -0.2) is 0 Å². The number of ether oxygens (including phenoxy) is 1. The van der Waals surface area contributed by atoms with Gasteiger partial charge >= 0.3 is 0 Å². The predicted molar refractivity (Wildman–Crippen MR) is 80.0 cm³/mol. The second-order valence-electron chi connectivity index (χ2n) is 5.16. The van der Waals surface area contributed by atoms with Crippen molar-refractivity contribution in [3.63, 3.8) is 0 Å². The standard InChI is InChI=1S/C16H19NOS/c1-10-8-14(12(3)19-10)11(2)17-15-9-18-16-7-5-4-6-13(15)16/h4-8,11,15,17H,9H2,1-3H3. The Labute approximate surface area is 118 Å². The molecule has 2 aromatic rings. The number of aryl methyl sites for hydroxylation is 2. The zero-order valence-corrected chi connectivity index (χ0v) is 12.4. The molecular weight excluding hydrogens is 254 g/mol. The van der Waals surface area contributed by atoms with Gasteiger partial charge in [0.05, 0.1) is 6.04 Å². The van der Waals surface area contributed by atoms with Crippen LogP contribution in [0.2, 0.25) is 0 Å². The van der Waals surface area contributed by atoms with Gasteiger partial charge in [0, 0.05) is 21.4 Å². The summed E-state index contributed by atoms with van der Waals surface area (Å²) in [6.07, 6.45) is 0. The SMILES string of the molecule is Cc1cc(C(C)NC2COc3ccccc32)c(C)s1. The molecule has 2 atom stereocenters. The average molecular weight is 273 g/mol. The summed E-state index contributed by atoms with van der Waals surface area (Å²) in [7, 11) is 0. The summed E-state index contributed by atoms with van der Waals surface area (Å²) >= 11 is 1.87. The van der Waals surface area contributed by atoms with Crippen molar-refractivity contribution >= 4 is 11.3 Å². The van der Waals surface area contributed by atoms with Gasteiger partial charge in [0.1, 0.15) is 12.4 Å². The molecule has 19 heavy (non-hydrogen) atoms. The van der Waals surface area contributed by atoms with Crippen molar-refractivity contribution in [3.8, 4) is 5.75 Å². The number of hydrogen-bond acceptors (Lipinski definition) is 3. The summed E-state index contributed by atoms with van der Waals surface area (Å²) in [6.45, 7) is 7.33. The highest BCUT2D eigenvalue weighted by molar-refractivity contribution is 7.12. The molecule has 3 heteroatoms. The van der Waals surface area contributed by atoms with Crippen molar-refractivity contribution in [2.24, 2.45) is 0 Å².